The number of hydrogen-bond acceptors (Lipinski definition) is 7. The van der Waals surface area contributed by atoms with Crippen molar-refractivity contribution in [2.75, 3.05) is 11.9 Å². The Morgan fingerprint density at radius 2 is 1.90 bits per heavy atom. The van der Waals surface area contributed by atoms with Gasteiger partial charge in [-0.2, -0.15) is 0 Å². The Labute approximate surface area is 170 Å². The molecule has 0 spiro atoms. The number of rotatable bonds is 5. The van der Waals surface area contributed by atoms with Gasteiger partial charge in [0.2, 0.25) is 0 Å². The van der Waals surface area contributed by atoms with Crippen LogP contribution in [0.2, 0.25) is 0 Å². The van der Waals surface area contributed by atoms with Crippen LogP contribution in [-0.2, 0) is 23.6 Å². The average Bonchev–Trinajstić information content (AvgIpc) is 2.73. The van der Waals surface area contributed by atoms with Crippen molar-refractivity contribution in [1.82, 2.24) is 9.13 Å². The fraction of sp³-hybridized carbons (Fsp3) is 0.250. The highest BCUT2D eigenvalue weighted by atomic mass is 16.6. The first kappa shape index (κ1) is 20.8. The number of benzene rings is 1. The van der Waals surface area contributed by atoms with Crippen molar-refractivity contribution in [3.63, 3.8) is 0 Å². The van der Waals surface area contributed by atoms with Crippen LogP contribution in [0.25, 0.3) is 0 Å². The van der Waals surface area contributed by atoms with E-state index in [4.69, 9.17) is 4.74 Å². The molecule has 0 radical (unpaired) electrons. The number of hydrogen-bond donors (Lipinski definition) is 1. The van der Waals surface area contributed by atoms with Crippen LogP contribution in [-0.4, -0.2) is 26.6 Å². The average molecular weight is 412 g/mol. The standard InChI is InChI=1S/C20H20N4O6/c1-5-10-30-19(26)14-11(2)21-17-16(18(25)23(4)20(27)22(17)3)15(14)12-6-8-13(9-7-12)24(28)29/h5-9,15,21H,1,10H2,2-4H3/t15-/m1/s1. The number of nitrogens with one attached hydrogen (secondary N) is 1. The number of allylic oxidation sites excluding steroid dienone is 1. The van der Waals surface area contributed by atoms with Crippen LogP contribution in [0, 0.1) is 10.1 Å². The maximum absolute atomic E-state index is 13.0. The van der Waals surface area contributed by atoms with Crippen LogP contribution >= 0.6 is 0 Å². The molecular formula is C20H20N4O6. The van der Waals surface area contributed by atoms with Gasteiger partial charge in [0.25, 0.3) is 11.2 Å². The van der Waals surface area contributed by atoms with Gasteiger partial charge in [0, 0.05) is 31.9 Å². The van der Waals surface area contributed by atoms with Gasteiger partial charge in [-0.15, -0.1) is 0 Å². The number of aromatic nitrogens is 2. The minimum atomic E-state index is -0.884. The molecule has 1 aliphatic heterocycles. The highest BCUT2D eigenvalue weighted by molar-refractivity contribution is 5.94. The molecule has 0 bridgehead atoms. The van der Waals surface area contributed by atoms with Gasteiger partial charge in [0.15, 0.2) is 0 Å². The summed E-state index contributed by atoms with van der Waals surface area (Å²) in [5.74, 6) is -1.29. The molecule has 156 valence electrons. The fourth-order valence-corrected chi connectivity index (χ4v) is 3.49. The number of nitro benzene ring substituents is 1. The van der Waals surface area contributed by atoms with E-state index in [0.29, 0.717) is 11.3 Å². The zero-order chi connectivity index (χ0) is 22.2. The number of ether oxygens (including phenoxy) is 1. The quantitative estimate of drug-likeness (QED) is 0.342. The van der Waals surface area contributed by atoms with Crippen LogP contribution in [0.1, 0.15) is 24.0 Å². The number of fused-ring (bicyclic) bond motifs is 1. The summed E-state index contributed by atoms with van der Waals surface area (Å²) in [6.45, 7) is 5.12. The Balaban J connectivity index is 2.31. The second-order valence-electron chi connectivity index (χ2n) is 6.80. The van der Waals surface area contributed by atoms with Gasteiger partial charge >= 0.3 is 11.7 Å². The number of nitrogens with zero attached hydrogens (tertiary/aromatic N) is 3. The first-order chi connectivity index (χ1) is 14.2. The van der Waals surface area contributed by atoms with Gasteiger partial charge in [0.05, 0.1) is 22.0 Å². The van der Waals surface area contributed by atoms with E-state index in [1.807, 2.05) is 0 Å². The summed E-state index contributed by atoms with van der Waals surface area (Å²) in [6, 6.07) is 5.56. The summed E-state index contributed by atoms with van der Waals surface area (Å²) in [6.07, 6.45) is 1.42. The zero-order valence-corrected chi connectivity index (χ0v) is 16.7. The fourth-order valence-electron chi connectivity index (χ4n) is 3.49. The molecule has 1 aromatic heterocycles. The van der Waals surface area contributed by atoms with Crippen LogP contribution < -0.4 is 16.6 Å². The first-order valence-corrected chi connectivity index (χ1v) is 8.99. The molecule has 1 N–H and O–H groups in total. The molecule has 10 nitrogen and oxygen atoms in total. The van der Waals surface area contributed by atoms with E-state index < -0.39 is 28.1 Å². The zero-order valence-electron chi connectivity index (χ0n) is 16.7. The molecule has 0 saturated heterocycles. The monoisotopic (exact) mass is 412 g/mol. The molecule has 10 heteroatoms. The topological polar surface area (TPSA) is 125 Å². The van der Waals surface area contributed by atoms with Gasteiger partial charge in [-0.25, -0.2) is 9.59 Å². The third-order valence-electron chi connectivity index (χ3n) is 4.98. The van der Waals surface area contributed by atoms with Crippen molar-refractivity contribution >= 4 is 17.5 Å². The van der Waals surface area contributed by atoms with Crippen molar-refractivity contribution < 1.29 is 14.5 Å². The summed E-state index contributed by atoms with van der Waals surface area (Å²) >= 11 is 0. The number of esters is 1. The van der Waals surface area contributed by atoms with Gasteiger partial charge < -0.3 is 10.1 Å². The van der Waals surface area contributed by atoms with Crippen molar-refractivity contribution in [1.29, 1.82) is 0 Å². The molecule has 1 aliphatic rings. The first-order valence-electron chi connectivity index (χ1n) is 8.99. The SMILES string of the molecule is C=CCOC(=O)C1=C(C)Nc2c(c(=O)n(C)c(=O)n2C)[C@@H]1c1ccc([N+](=O)[O-])cc1. The molecule has 1 atom stereocenters. The van der Waals surface area contributed by atoms with Crippen LogP contribution in [0.5, 0.6) is 0 Å². The molecule has 1 aromatic carbocycles. The molecule has 2 heterocycles. The van der Waals surface area contributed by atoms with E-state index in [2.05, 4.69) is 11.9 Å². The third-order valence-corrected chi connectivity index (χ3v) is 4.98. The molecule has 0 saturated carbocycles. The normalized spacial score (nSPS) is 15.2. The molecule has 0 fully saturated rings. The number of anilines is 1. The van der Waals surface area contributed by atoms with Crippen molar-refractivity contribution in [3.05, 3.63) is 90.3 Å². The number of non-ortho nitro benzene ring substituents is 1. The molecular weight excluding hydrogens is 392 g/mol. The summed E-state index contributed by atoms with van der Waals surface area (Å²) in [5.41, 5.74) is -0.00635. The Kier molecular flexibility index (Phi) is 5.41. The van der Waals surface area contributed by atoms with Crippen molar-refractivity contribution in [2.24, 2.45) is 14.1 Å². The van der Waals surface area contributed by atoms with Crippen molar-refractivity contribution in [3.8, 4) is 0 Å². The van der Waals surface area contributed by atoms with Crippen LogP contribution in [0.3, 0.4) is 0 Å². The number of carbonyl (C=O) groups is 1. The third kappa shape index (κ3) is 3.32. The number of carbonyl (C=O) groups excluding carboxylic acids is 1. The summed E-state index contributed by atoms with van der Waals surface area (Å²) in [5, 5.41) is 14.0. The summed E-state index contributed by atoms with van der Waals surface area (Å²) in [4.78, 5) is 48.7. The molecule has 0 amide bonds. The predicted molar refractivity (Wildman–Crippen MR) is 109 cm³/mol. The summed E-state index contributed by atoms with van der Waals surface area (Å²) < 4.78 is 7.45. The molecule has 3 rings (SSSR count). The van der Waals surface area contributed by atoms with E-state index in [9.17, 15) is 24.5 Å². The van der Waals surface area contributed by atoms with Crippen LogP contribution in [0.4, 0.5) is 11.5 Å². The van der Waals surface area contributed by atoms with Gasteiger partial charge in [-0.1, -0.05) is 24.8 Å². The van der Waals surface area contributed by atoms with Gasteiger partial charge in [-0.05, 0) is 12.5 Å². The van der Waals surface area contributed by atoms with E-state index in [-0.39, 0.29) is 29.2 Å². The van der Waals surface area contributed by atoms with Crippen molar-refractivity contribution in [2.45, 2.75) is 12.8 Å². The lowest BCUT2D eigenvalue weighted by atomic mass is 9.82. The molecule has 30 heavy (non-hydrogen) atoms. The maximum Gasteiger partial charge on any atom is 0.337 e. The summed E-state index contributed by atoms with van der Waals surface area (Å²) in [7, 11) is 2.85. The Morgan fingerprint density at radius 3 is 2.47 bits per heavy atom. The minimum absolute atomic E-state index is 0.0270. The van der Waals surface area contributed by atoms with E-state index >= 15 is 0 Å². The van der Waals surface area contributed by atoms with Gasteiger partial charge in [-0.3, -0.25) is 24.0 Å². The van der Waals surface area contributed by atoms with E-state index in [0.717, 1.165) is 4.57 Å². The Morgan fingerprint density at radius 1 is 1.27 bits per heavy atom. The Bertz CT molecular complexity index is 1200. The molecule has 0 aliphatic carbocycles. The lowest BCUT2D eigenvalue weighted by Gasteiger charge is -2.30. The Hall–Kier alpha value is -3.95. The smallest absolute Gasteiger partial charge is 0.337 e. The van der Waals surface area contributed by atoms with Crippen LogP contribution in [0.15, 0.2) is 57.8 Å². The maximum atomic E-state index is 13.0. The van der Waals surface area contributed by atoms with Gasteiger partial charge in [0.1, 0.15) is 12.4 Å². The number of nitro groups is 1. The second-order valence-corrected chi connectivity index (χ2v) is 6.80. The van der Waals surface area contributed by atoms with E-state index in [1.165, 1.54) is 49.0 Å². The minimum Gasteiger partial charge on any atom is -0.458 e. The van der Waals surface area contributed by atoms with E-state index in [1.54, 1.807) is 6.92 Å². The highest BCUT2D eigenvalue weighted by Gasteiger charge is 2.37. The molecule has 0 unspecified atom stereocenters. The lowest BCUT2D eigenvalue weighted by molar-refractivity contribution is -0.384. The molecule has 2 aromatic rings. The lowest BCUT2D eigenvalue weighted by Crippen LogP contribution is -2.43. The highest BCUT2D eigenvalue weighted by Crippen LogP contribution is 2.40. The predicted octanol–water partition coefficient (Wildman–Crippen LogP) is 1.55. The largest absolute Gasteiger partial charge is 0.458 e. The second kappa shape index (κ2) is 7.82.